The van der Waals surface area contributed by atoms with E-state index < -0.39 is 5.25 Å². The van der Waals surface area contributed by atoms with Crippen molar-refractivity contribution in [3.05, 3.63) is 58.8 Å². The quantitative estimate of drug-likeness (QED) is 0.437. The molecule has 148 valence electrons. The van der Waals surface area contributed by atoms with Crippen LogP contribution in [0.25, 0.3) is 22.4 Å². The van der Waals surface area contributed by atoms with Crippen molar-refractivity contribution >= 4 is 34.4 Å². The fourth-order valence-electron chi connectivity index (χ4n) is 2.83. The largest absolute Gasteiger partial charge is 0.325 e. The van der Waals surface area contributed by atoms with Gasteiger partial charge in [-0.15, -0.1) is 10.2 Å². The highest BCUT2D eigenvalue weighted by atomic mass is 32.2. The van der Waals surface area contributed by atoms with Crippen molar-refractivity contribution in [1.29, 1.82) is 0 Å². The molecule has 2 heterocycles. The number of aromatic amines is 2. The molecular formula is C19H17FN6O2S. The Kier molecular flexibility index (Phi) is 4.93. The van der Waals surface area contributed by atoms with E-state index in [2.05, 4.69) is 25.5 Å². The highest BCUT2D eigenvalue weighted by Crippen LogP contribution is 2.26. The van der Waals surface area contributed by atoms with Crippen molar-refractivity contribution < 1.29 is 9.18 Å². The monoisotopic (exact) mass is 412 g/mol. The second kappa shape index (κ2) is 7.55. The summed E-state index contributed by atoms with van der Waals surface area (Å²) in [5.74, 6) is 0.0539. The molecule has 4 rings (SSSR count). The van der Waals surface area contributed by atoms with Gasteiger partial charge in [0.2, 0.25) is 5.91 Å². The first-order chi connectivity index (χ1) is 13.9. The number of halogens is 1. The molecule has 0 spiro atoms. The lowest BCUT2D eigenvalue weighted by Gasteiger charge is -2.12. The molecule has 10 heteroatoms. The Morgan fingerprint density at radius 1 is 1.14 bits per heavy atom. The number of anilines is 1. The fourth-order valence-corrected chi connectivity index (χ4v) is 3.65. The van der Waals surface area contributed by atoms with Gasteiger partial charge in [0.15, 0.2) is 11.0 Å². The van der Waals surface area contributed by atoms with E-state index in [1.54, 1.807) is 48.9 Å². The molecule has 0 aliphatic rings. The molecule has 0 unspecified atom stereocenters. The first kappa shape index (κ1) is 18.9. The van der Waals surface area contributed by atoms with Crippen LogP contribution >= 0.6 is 11.8 Å². The van der Waals surface area contributed by atoms with Gasteiger partial charge in [-0.2, -0.15) is 0 Å². The first-order valence-electron chi connectivity index (χ1n) is 8.75. The summed E-state index contributed by atoms with van der Waals surface area (Å²) in [5.41, 5.74) is 2.30. The summed E-state index contributed by atoms with van der Waals surface area (Å²) >= 11 is 1.26. The molecule has 0 bridgehead atoms. The molecule has 1 amide bonds. The zero-order valence-corrected chi connectivity index (χ0v) is 16.4. The summed E-state index contributed by atoms with van der Waals surface area (Å²) in [6.45, 7) is 1.77. The van der Waals surface area contributed by atoms with Gasteiger partial charge in [-0.25, -0.2) is 9.18 Å². The van der Waals surface area contributed by atoms with Gasteiger partial charge in [-0.05, 0) is 49.4 Å². The second-order valence-corrected chi connectivity index (χ2v) is 7.77. The fraction of sp³-hybridized carbons (Fsp3) is 0.158. The van der Waals surface area contributed by atoms with Crippen LogP contribution in [0.5, 0.6) is 0 Å². The third-order valence-corrected chi connectivity index (χ3v) is 5.51. The van der Waals surface area contributed by atoms with Crippen LogP contribution in [0.4, 0.5) is 10.1 Å². The lowest BCUT2D eigenvalue weighted by atomic mass is 10.2. The molecule has 0 aliphatic carbocycles. The molecule has 0 radical (unpaired) electrons. The lowest BCUT2D eigenvalue weighted by Crippen LogP contribution is -2.22. The van der Waals surface area contributed by atoms with Gasteiger partial charge in [0, 0.05) is 18.3 Å². The van der Waals surface area contributed by atoms with Gasteiger partial charge >= 0.3 is 5.69 Å². The molecule has 0 aliphatic heterocycles. The lowest BCUT2D eigenvalue weighted by molar-refractivity contribution is -0.115. The summed E-state index contributed by atoms with van der Waals surface area (Å²) in [6.07, 6.45) is 0. The number of rotatable bonds is 5. The molecule has 1 atom stereocenters. The van der Waals surface area contributed by atoms with Crippen LogP contribution in [0.2, 0.25) is 0 Å². The van der Waals surface area contributed by atoms with Crippen molar-refractivity contribution in [1.82, 2.24) is 24.7 Å². The van der Waals surface area contributed by atoms with Gasteiger partial charge < -0.3 is 19.9 Å². The minimum Gasteiger partial charge on any atom is -0.325 e. The summed E-state index contributed by atoms with van der Waals surface area (Å²) in [5, 5.41) is 11.3. The summed E-state index contributed by atoms with van der Waals surface area (Å²) in [6, 6.07) is 11.1. The van der Waals surface area contributed by atoms with Gasteiger partial charge in [0.1, 0.15) is 5.82 Å². The maximum atomic E-state index is 13.1. The zero-order valence-electron chi connectivity index (χ0n) is 15.6. The number of amides is 1. The number of hydrogen-bond acceptors (Lipinski definition) is 5. The number of aromatic nitrogens is 5. The molecule has 4 aromatic rings. The van der Waals surface area contributed by atoms with Crippen molar-refractivity contribution in [2.45, 2.75) is 17.3 Å². The maximum absolute atomic E-state index is 13.1. The number of nitrogens with zero attached hydrogens (tertiary/aromatic N) is 3. The number of carbonyl (C=O) groups excluding carboxylic acids is 1. The van der Waals surface area contributed by atoms with E-state index in [1.807, 2.05) is 0 Å². The summed E-state index contributed by atoms with van der Waals surface area (Å²) in [4.78, 5) is 29.2. The first-order valence-corrected chi connectivity index (χ1v) is 9.63. The number of hydrogen-bond donors (Lipinski definition) is 3. The summed E-state index contributed by atoms with van der Waals surface area (Å²) in [7, 11) is 1.79. The van der Waals surface area contributed by atoms with E-state index >= 15 is 0 Å². The van der Waals surface area contributed by atoms with Crippen molar-refractivity contribution in [2.24, 2.45) is 7.05 Å². The van der Waals surface area contributed by atoms with Crippen LogP contribution in [0, 0.1) is 5.82 Å². The molecule has 3 N–H and O–H groups in total. The van der Waals surface area contributed by atoms with Gasteiger partial charge in [0.05, 0.1) is 16.3 Å². The van der Waals surface area contributed by atoms with Gasteiger partial charge in [-0.1, -0.05) is 11.8 Å². The highest BCUT2D eigenvalue weighted by molar-refractivity contribution is 8.00. The Bertz CT molecular complexity index is 1240. The predicted octanol–water partition coefficient (Wildman–Crippen LogP) is 2.91. The molecular weight excluding hydrogens is 395 g/mol. The number of H-pyrrole nitrogens is 2. The second-order valence-electron chi connectivity index (χ2n) is 6.46. The molecule has 29 heavy (non-hydrogen) atoms. The Morgan fingerprint density at radius 3 is 2.62 bits per heavy atom. The zero-order chi connectivity index (χ0) is 20.5. The van der Waals surface area contributed by atoms with Gasteiger partial charge in [-0.3, -0.25) is 4.79 Å². The predicted molar refractivity (Wildman–Crippen MR) is 109 cm³/mol. The molecule has 2 aromatic heterocycles. The van der Waals surface area contributed by atoms with Crippen LogP contribution in [0.1, 0.15) is 6.92 Å². The summed E-state index contributed by atoms with van der Waals surface area (Å²) < 4.78 is 14.9. The average molecular weight is 412 g/mol. The van der Waals surface area contributed by atoms with E-state index in [1.165, 1.54) is 23.9 Å². The van der Waals surface area contributed by atoms with E-state index in [9.17, 15) is 14.0 Å². The van der Waals surface area contributed by atoms with Crippen LogP contribution < -0.4 is 11.0 Å². The van der Waals surface area contributed by atoms with E-state index in [-0.39, 0.29) is 17.4 Å². The third-order valence-electron chi connectivity index (χ3n) is 4.37. The van der Waals surface area contributed by atoms with E-state index in [4.69, 9.17) is 0 Å². The molecule has 8 nitrogen and oxygen atoms in total. The smallest absolute Gasteiger partial charge is 0.323 e. The minimum atomic E-state index is -0.445. The van der Waals surface area contributed by atoms with Crippen molar-refractivity contribution in [3.63, 3.8) is 0 Å². The van der Waals surface area contributed by atoms with Gasteiger partial charge in [0.25, 0.3) is 0 Å². The number of carbonyl (C=O) groups is 1. The van der Waals surface area contributed by atoms with Crippen LogP contribution in [-0.4, -0.2) is 35.9 Å². The Hall–Kier alpha value is -3.40. The number of fused-ring (bicyclic) bond motifs is 1. The normalized spacial score (nSPS) is 12.2. The maximum Gasteiger partial charge on any atom is 0.323 e. The Balaban J connectivity index is 1.47. The number of benzene rings is 2. The number of imidazole rings is 1. The molecule has 0 fully saturated rings. The van der Waals surface area contributed by atoms with Crippen molar-refractivity contribution in [2.75, 3.05) is 5.32 Å². The highest BCUT2D eigenvalue weighted by Gasteiger charge is 2.19. The Labute approximate surface area is 168 Å². The van der Waals surface area contributed by atoms with E-state index in [0.717, 1.165) is 5.56 Å². The number of thioether (sulfide) groups is 1. The minimum absolute atomic E-state index is 0.210. The molecule has 0 saturated heterocycles. The standard InChI is InChI=1S/C19H17FN6O2S/c1-10(17(27)21-13-7-8-14-15(9-13)23-18(28)22-14)29-19-25-24-16(26(19)2)11-3-5-12(20)6-4-11/h3-10H,1-2H3,(H,21,27)(H2,22,23,28)/t10-/m0/s1. The average Bonchev–Trinajstić information content (AvgIpc) is 3.24. The van der Waals surface area contributed by atoms with Crippen LogP contribution in [0.15, 0.2) is 52.4 Å². The Morgan fingerprint density at radius 2 is 1.86 bits per heavy atom. The van der Waals surface area contributed by atoms with Crippen LogP contribution in [0.3, 0.4) is 0 Å². The topological polar surface area (TPSA) is 108 Å². The van der Waals surface area contributed by atoms with Crippen LogP contribution in [-0.2, 0) is 11.8 Å². The molecule has 0 saturated carbocycles. The van der Waals surface area contributed by atoms with Crippen molar-refractivity contribution in [3.8, 4) is 11.4 Å². The third kappa shape index (κ3) is 3.92. The molecule has 2 aromatic carbocycles. The SMILES string of the molecule is C[C@H](Sc1nnc(-c2ccc(F)cc2)n1C)C(=O)Nc1ccc2[nH]c(=O)[nH]c2c1. The number of nitrogens with one attached hydrogen (secondary N) is 3. The van der Waals surface area contributed by atoms with E-state index in [0.29, 0.717) is 27.7 Å².